The maximum absolute atomic E-state index is 12.6. The average Bonchev–Trinajstić information content (AvgIpc) is 3.03. The number of benzene rings is 3. The van der Waals surface area contributed by atoms with Crippen LogP contribution in [-0.2, 0) is 22.4 Å². The number of ether oxygens (including phenoxy) is 2. The summed E-state index contributed by atoms with van der Waals surface area (Å²) < 4.78 is 11.7. The first kappa shape index (κ1) is 29.5. The Labute approximate surface area is 255 Å². The van der Waals surface area contributed by atoms with Gasteiger partial charge in [-0.1, -0.05) is 24.6 Å². The van der Waals surface area contributed by atoms with E-state index in [-0.39, 0.29) is 18.1 Å². The molecule has 2 fully saturated rings. The van der Waals surface area contributed by atoms with Crippen molar-refractivity contribution in [3.8, 4) is 11.5 Å². The van der Waals surface area contributed by atoms with Gasteiger partial charge in [-0.3, -0.25) is 9.69 Å². The number of carbonyl (C=O) groups is 1. The molecule has 0 aliphatic carbocycles. The summed E-state index contributed by atoms with van der Waals surface area (Å²) in [6.45, 7) is 7.38. The lowest BCUT2D eigenvalue weighted by Crippen LogP contribution is -2.44. The molecule has 3 N–H and O–H groups in total. The van der Waals surface area contributed by atoms with Crippen molar-refractivity contribution in [1.82, 2.24) is 10.2 Å². The number of amides is 1. The van der Waals surface area contributed by atoms with Crippen molar-refractivity contribution in [3.05, 3.63) is 83.4 Å². The Kier molecular flexibility index (Phi) is 9.46. The smallest absolute Gasteiger partial charge is 0.238 e. The molecule has 3 aliphatic rings. The quantitative estimate of drug-likeness (QED) is 0.329. The molecule has 3 atom stereocenters. The summed E-state index contributed by atoms with van der Waals surface area (Å²) in [7, 11) is 0. The topological polar surface area (TPSA) is 86.3 Å². The van der Waals surface area contributed by atoms with Crippen molar-refractivity contribution in [2.45, 2.75) is 57.2 Å². The second kappa shape index (κ2) is 13.8. The molecule has 0 bridgehead atoms. The number of rotatable bonds is 9. The molecule has 228 valence electrons. The summed E-state index contributed by atoms with van der Waals surface area (Å²) >= 11 is 0. The molecule has 3 unspecified atom stereocenters. The number of morpholine rings is 1. The Morgan fingerprint density at radius 3 is 2.58 bits per heavy atom. The van der Waals surface area contributed by atoms with Crippen LogP contribution in [0.15, 0.2) is 66.7 Å². The van der Waals surface area contributed by atoms with Crippen molar-refractivity contribution in [2.24, 2.45) is 0 Å². The standard InChI is InChI=1S/C35H44N4O4/c1-25(33-4-2-3-16-36-33)43-31-12-5-26(6-13-31)22-34-32-14-11-30(40)23-27(32)15-17-39(34)29-9-7-28(8-10-29)37-35(41)24-38-18-20-42-21-19-38/h5-14,23,25,33-34,36,40H,2-4,15-22,24H2,1H3,(H,37,41). The number of carbonyl (C=O) groups excluding carboxylic acids is 1. The molecular formula is C35H44N4O4. The number of nitrogens with zero attached hydrogens (tertiary/aromatic N) is 2. The SMILES string of the molecule is CC(Oc1ccc(CC2c3ccc(O)cc3CCN2c2ccc(NC(=O)CN3CCOCC3)cc2)cc1)C1CCCCN1. The molecule has 43 heavy (non-hydrogen) atoms. The van der Waals surface area contributed by atoms with Crippen LogP contribution in [0.3, 0.4) is 0 Å². The first-order chi connectivity index (χ1) is 21.0. The molecule has 3 aromatic carbocycles. The zero-order valence-corrected chi connectivity index (χ0v) is 25.1. The first-order valence-corrected chi connectivity index (χ1v) is 15.8. The molecule has 3 aliphatic heterocycles. The normalized spacial score (nSPS) is 21.6. The van der Waals surface area contributed by atoms with Gasteiger partial charge in [-0.15, -0.1) is 0 Å². The van der Waals surface area contributed by atoms with Crippen molar-refractivity contribution in [2.75, 3.05) is 56.2 Å². The lowest BCUT2D eigenvalue weighted by atomic mass is 9.88. The second-order valence-corrected chi connectivity index (χ2v) is 12.1. The van der Waals surface area contributed by atoms with E-state index in [0.29, 0.717) is 31.5 Å². The van der Waals surface area contributed by atoms with Gasteiger partial charge in [0.15, 0.2) is 0 Å². The van der Waals surface area contributed by atoms with E-state index in [1.54, 1.807) is 6.07 Å². The second-order valence-electron chi connectivity index (χ2n) is 12.1. The van der Waals surface area contributed by atoms with Crippen LogP contribution >= 0.6 is 0 Å². The Hall–Kier alpha value is -3.59. The molecule has 6 rings (SSSR count). The number of fused-ring (bicyclic) bond motifs is 1. The minimum atomic E-state index is -0.00365. The summed E-state index contributed by atoms with van der Waals surface area (Å²) in [5.41, 5.74) is 5.59. The summed E-state index contributed by atoms with van der Waals surface area (Å²) in [5.74, 6) is 1.21. The van der Waals surface area contributed by atoms with Gasteiger partial charge < -0.3 is 30.1 Å². The fraction of sp³-hybridized carbons (Fsp3) is 0.457. The molecule has 0 spiro atoms. The molecule has 8 nitrogen and oxygen atoms in total. The van der Waals surface area contributed by atoms with Crippen LogP contribution in [0.4, 0.5) is 11.4 Å². The maximum Gasteiger partial charge on any atom is 0.238 e. The van der Waals surface area contributed by atoms with Gasteiger partial charge >= 0.3 is 0 Å². The van der Waals surface area contributed by atoms with Gasteiger partial charge in [0.05, 0.1) is 25.8 Å². The molecule has 0 radical (unpaired) electrons. The average molecular weight is 585 g/mol. The number of phenols is 1. The Morgan fingerprint density at radius 1 is 1.05 bits per heavy atom. The van der Waals surface area contributed by atoms with Crippen LogP contribution < -0.4 is 20.3 Å². The fourth-order valence-electron chi connectivity index (χ4n) is 6.63. The third kappa shape index (κ3) is 7.50. The fourth-order valence-corrected chi connectivity index (χ4v) is 6.63. The van der Waals surface area contributed by atoms with E-state index in [4.69, 9.17) is 9.47 Å². The van der Waals surface area contributed by atoms with E-state index in [0.717, 1.165) is 62.6 Å². The van der Waals surface area contributed by atoms with E-state index in [2.05, 4.69) is 69.8 Å². The van der Waals surface area contributed by atoms with Gasteiger partial charge in [-0.05, 0) is 104 Å². The predicted octanol–water partition coefficient (Wildman–Crippen LogP) is 4.92. The zero-order valence-electron chi connectivity index (χ0n) is 25.1. The van der Waals surface area contributed by atoms with Gasteiger partial charge in [0.1, 0.15) is 17.6 Å². The first-order valence-electron chi connectivity index (χ1n) is 15.8. The Morgan fingerprint density at radius 2 is 1.84 bits per heavy atom. The van der Waals surface area contributed by atoms with Gasteiger partial charge in [0, 0.05) is 37.1 Å². The van der Waals surface area contributed by atoms with E-state index in [9.17, 15) is 9.90 Å². The zero-order chi connectivity index (χ0) is 29.6. The van der Waals surface area contributed by atoms with Gasteiger partial charge in [0.2, 0.25) is 5.91 Å². The summed E-state index contributed by atoms with van der Waals surface area (Å²) in [6, 6.07) is 23.0. The lowest BCUT2D eigenvalue weighted by Gasteiger charge is -2.39. The molecule has 2 saturated heterocycles. The molecule has 1 amide bonds. The number of aromatic hydroxyl groups is 1. The van der Waals surface area contributed by atoms with Gasteiger partial charge in [-0.25, -0.2) is 0 Å². The largest absolute Gasteiger partial charge is 0.508 e. The van der Waals surface area contributed by atoms with E-state index < -0.39 is 0 Å². The van der Waals surface area contributed by atoms with Crippen LogP contribution in [0, 0.1) is 0 Å². The van der Waals surface area contributed by atoms with Crippen LogP contribution in [0.2, 0.25) is 0 Å². The van der Waals surface area contributed by atoms with E-state index in [1.807, 2.05) is 18.2 Å². The highest BCUT2D eigenvalue weighted by Crippen LogP contribution is 2.38. The van der Waals surface area contributed by atoms with Crippen LogP contribution in [0.5, 0.6) is 11.5 Å². The maximum atomic E-state index is 12.6. The molecule has 0 aromatic heterocycles. The van der Waals surface area contributed by atoms with Crippen LogP contribution in [-0.4, -0.2) is 74.0 Å². The predicted molar refractivity (Wildman–Crippen MR) is 170 cm³/mol. The summed E-state index contributed by atoms with van der Waals surface area (Å²) in [5, 5.41) is 16.8. The highest BCUT2D eigenvalue weighted by molar-refractivity contribution is 5.92. The third-order valence-electron chi connectivity index (χ3n) is 9.03. The highest BCUT2D eigenvalue weighted by atomic mass is 16.5. The Balaban J connectivity index is 1.14. The van der Waals surface area contributed by atoms with Crippen molar-refractivity contribution >= 4 is 17.3 Å². The summed E-state index contributed by atoms with van der Waals surface area (Å²) in [4.78, 5) is 17.2. The number of piperidine rings is 1. The van der Waals surface area contributed by atoms with Crippen molar-refractivity contribution < 1.29 is 19.4 Å². The van der Waals surface area contributed by atoms with Gasteiger partial charge in [-0.2, -0.15) is 0 Å². The monoisotopic (exact) mass is 584 g/mol. The van der Waals surface area contributed by atoms with Gasteiger partial charge in [0.25, 0.3) is 0 Å². The molecule has 3 heterocycles. The highest BCUT2D eigenvalue weighted by Gasteiger charge is 2.28. The third-order valence-corrected chi connectivity index (χ3v) is 9.03. The number of nitrogens with one attached hydrogen (secondary N) is 2. The number of hydrogen-bond donors (Lipinski definition) is 3. The van der Waals surface area contributed by atoms with Crippen LogP contribution in [0.1, 0.15) is 48.9 Å². The molecule has 3 aromatic rings. The molecule has 8 heteroatoms. The van der Waals surface area contributed by atoms with E-state index >= 15 is 0 Å². The minimum Gasteiger partial charge on any atom is -0.508 e. The number of hydrogen-bond acceptors (Lipinski definition) is 7. The van der Waals surface area contributed by atoms with Crippen LogP contribution in [0.25, 0.3) is 0 Å². The Bertz CT molecular complexity index is 1350. The lowest BCUT2D eigenvalue weighted by molar-refractivity contribution is -0.118. The van der Waals surface area contributed by atoms with Crippen molar-refractivity contribution in [1.29, 1.82) is 0 Å². The van der Waals surface area contributed by atoms with Crippen molar-refractivity contribution in [3.63, 3.8) is 0 Å². The minimum absolute atomic E-state index is 0.00365. The summed E-state index contributed by atoms with van der Waals surface area (Å²) in [6.07, 6.45) is 5.48. The number of anilines is 2. The molecule has 0 saturated carbocycles. The molecular weight excluding hydrogens is 540 g/mol. The van der Waals surface area contributed by atoms with E-state index in [1.165, 1.54) is 29.5 Å². The number of phenolic OH excluding ortho intramolecular Hbond substituents is 1.